The fourth-order valence-corrected chi connectivity index (χ4v) is 5.24. The van der Waals surface area contributed by atoms with Gasteiger partial charge in [-0.05, 0) is 70.9 Å². The summed E-state index contributed by atoms with van der Waals surface area (Å²) >= 11 is 0. The lowest BCUT2D eigenvalue weighted by molar-refractivity contribution is 0.0981. The van der Waals surface area contributed by atoms with Crippen molar-refractivity contribution >= 4 is 27.6 Å². The zero-order chi connectivity index (χ0) is 26.0. The van der Waals surface area contributed by atoms with E-state index in [9.17, 15) is 13.2 Å². The maximum Gasteiger partial charge on any atom is 0.281 e. The molecule has 1 saturated heterocycles. The Balaban J connectivity index is 0.00000253. The first-order valence-corrected chi connectivity index (χ1v) is 13.2. The number of pyridine rings is 3. The maximum atomic E-state index is 13.3. The van der Waals surface area contributed by atoms with E-state index >= 15 is 0 Å². The van der Waals surface area contributed by atoms with Crippen molar-refractivity contribution in [2.75, 3.05) is 10.6 Å². The van der Waals surface area contributed by atoms with Gasteiger partial charge in [0.15, 0.2) is 5.03 Å². The van der Waals surface area contributed by atoms with Crippen molar-refractivity contribution < 1.29 is 20.8 Å². The van der Waals surface area contributed by atoms with Gasteiger partial charge in [-0.2, -0.15) is 8.42 Å². The number of carbonyl (C=O) groups excluding carboxylic acids is 1. The molecule has 0 saturated carbocycles. The van der Waals surface area contributed by atoms with Gasteiger partial charge in [0, 0.05) is 26.7 Å². The van der Waals surface area contributed by atoms with Crippen molar-refractivity contribution in [1.82, 2.24) is 19.7 Å². The van der Waals surface area contributed by atoms with Gasteiger partial charge in [-0.15, -0.1) is 0 Å². The highest BCUT2D eigenvalue weighted by atomic mass is 32.2. The molecule has 194 valence electrons. The van der Waals surface area contributed by atoms with Gasteiger partial charge in [0.05, 0.1) is 23.6 Å². The van der Waals surface area contributed by atoms with E-state index in [0.29, 0.717) is 17.3 Å². The summed E-state index contributed by atoms with van der Waals surface area (Å²) in [6, 6.07) is 9.54. The van der Waals surface area contributed by atoms with Crippen LogP contribution in [0.4, 0.5) is 11.6 Å². The van der Waals surface area contributed by atoms with Gasteiger partial charge < -0.3 is 15.4 Å². The molecule has 3 aromatic rings. The average molecular weight is 515 g/mol. The van der Waals surface area contributed by atoms with Gasteiger partial charge >= 0.3 is 0 Å². The first kappa shape index (κ1) is 25.4. The molecule has 1 fully saturated rings. The smallest absolute Gasteiger partial charge is 0.281 e. The normalized spacial score (nSPS) is 17.9. The van der Waals surface area contributed by atoms with Crippen molar-refractivity contribution in [3.05, 3.63) is 54.4 Å². The minimum absolute atomic E-state index is 0. The lowest BCUT2D eigenvalue weighted by Gasteiger charge is -2.29. The summed E-state index contributed by atoms with van der Waals surface area (Å²) < 4.78 is 33.6. The number of hydrogen-bond donors (Lipinski definition) is 2. The van der Waals surface area contributed by atoms with E-state index < -0.39 is 15.9 Å². The summed E-state index contributed by atoms with van der Waals surface area (Å²) in [7, 11) is -4.24. The largest absolute Gasteiger partial charge is 0.489 e. The van der Waals surface area contributed by atoms with Crippen LogP contribution in [0.3, 0.4) is 0 Å². The van der Waals surface area contributed by atoms with E-state index in [1.54, 1.807) is 24.5 Å². The lowest BCUT2D eigenvalue weighted by atomic mass is 10.1. The van der Waals surface area contributed by atoms with E-state index in [4.69, 9.17) is 15.5 Å². The third-order valence-electron chi connectivity index (χ3n) is 5.94. The number of carbonyl (C=O) groups is 1. The number of nitrogens with one attached hydrogen (secondary N) is 1. The molecule has 1 amide bonds. The van der Waals surface area contributed by atoms with Crippen LogP contribution in [-0.2, 0) is 10.0 Å². The Morgan fingerprint density at radius 3 is 2.53 bits per heavy atom. The molecule has 1 aliphatic rings. The number of sulfonamides is 1. The fraction of sp³-hybridized carbons (Fsp3) is 0.360. The first-order chi connectivity index (χ1) is 17.0. The highest BCUT2D eigenvalue weighted by molar-refractivity contribution is 7.90. The van der Waals surface area contributed by atoms with E-state index in [2.05, 4.69) is 33.4 Å². The number of amides is 1. The fourth-order valence-electron chi connectivity index (χ4n) is 4.30. The highest BCUT2D eigenvalue weighted by Gasteiger charge is 2.33. The van der Waals surface area contributed by atoms with Crippen molar-refractivity contribution in [2.24, 2.45) is 0 Å². The number of ether oxygens (including phenoxy) is 1. The Kier molecular flexibility index (Phi) is 7.11. The second kappa shape index (κ2) is 10.1. The molecule has 0 aliphatic carbocycles. The topological polar surface area (TPSA) is 140 Å². The Morgan fingerprint density at radius 2 is 1.86 bits per heavy atom. The summed E-state index contributed by atoms with van der Waals surface area (Å²) in [6.07, 6.45) is 5.15. The number of nitrogens with two attached hydrogens (primary N) is 1. The Bertz CT molecular complexity index is 1380. The number of nitrogens with zero attached hydrogens (tertiary/aromatic N) is 4. The van der Waals surface area contributed by atoms with Gasteiger partial charge in [0.2, 0.25) is 0 Å². The van der Waals surface area contributed by atoms with E-state index in [1.807, 2.05) is 19.9 Å². The molecule has 2 atom stereocenters. The van der Waals surface area contributed by atoms with Crippen LogP contribution in [0.25, 0.3) is 11.3 Å². The zero-order valence-corrected chi connectivity index (χ0v) is 21.5. The van der Waals surface area contributed by atoms with Crippen LogP contribution in [-0.4, -0.2) is 47.5 Å². The van der Waals surface area contributed by atoms with Crippen LogP contribution in [0.1, 0.15) is 53.7 Å². The predicted molar refractivity (Wildman–Crippen MR) is 141 cm³/mol. The monoisotopic (exact) mass is 514 g/mol. The van der Waals surface area contributed by atoms with Crippen LogP contribution in [0.2, 0.25) is 0 Å². The number of anilines is 2. The quantitative estimate of drug-likeness (QED) is 0.480. The van der Waals surface area contributed by atoms with Crippen LogP contribution in [0, 0.1) is 0 Å². The minimum atomic E-state index is -4.24. The Labute approximate surface area is 214 Å². The van der Waals surface area contributed by atoms with Gasteiger partial charge in [0.1, 0.15) is 17.4 Å². The van der Waals surface area contributed by atoms with Gasteiger partial charge in [0.25, 0.3) is 15.9 Å². The Morgan fingerprint density at radius 1 is 1.14 bits per heavy atom. The summed E-state index contributed by atoms with van der Waals surface area (Å²) in [5.74, 6) is 0.258. The number of rotatable bonds is 7. The van der Waals surface area contributed by atoms with E-state index in [1.165, 1.54) is 18.2 Å². The number of aromatic nitrogens is 3. The maximum absolute atomic E-state index is 13.3. The van der Waals surface area contributed by atoms with Gasteiger partial charge in [-0.1, -0.05) is 6.07 Å². The number of nitrogen functional groups attached to an aromatic ring is 1. The molecule has 0 unspecified atom stereocenters. The Hall–Kier alpha value is -3.73. The molecule has 0 aromatic carbocycles. The van der Waals surface area contributed by atoms with E-state index in [0.717, 1.165) is 18.4 Å². The predicted octanol–water partition coefficient (Wildman–Crippen LogP) is 3.90. The molecular weight excluding hydrogens is 480 g/mol. The molecule has 36 heavy (non-hydrogen) atoms. The number of hydrogen-bond acceptors (Lipinski definition) is 9. The third kappa shape index (κ3) is 5.40. The van der Waals surface area contributed by atoms with Crippen LogP contribution in [0.15, 0.2) is 53.8 Å². The van der Waals surface area contributed by atoms with Crippen LogP contribution < -0.4 is 20.1 Å². The molecule has 0 radical (unpaired) electrons. The van der Waals surface area contributed by atoms with E-state index in [-0.39, 0.29) is 37.4 Å². The highest BCUT2D eigenvalue weighted by Crippen LogP contribution is 2.34. The van der Waals surface area contributed by atoms with Crippen molar-refractivity contribution in [3.63, 3.8) is 0 Å². The molecule has 0 bridgehead atoms. The molecule has 3 aromatic heterocycles. The van der Waals surface area contributed by atoms with Crippen LogP contribution in [0.5, 0.6) is 5.75 Å². The molecule has 10 nitrogen and oxygen atoms in total. The molecule has 1 aliphatic heterocycles. The summed E-state index contributed by atoms with van der Waals surface area (Å²) in [6.45, 7) is 7.98. The summed E-state index contributed by atoms with van der Waals surface area (Å²) in [5.41, 5.74) is 7.08. The molecule has 3 N–H and O–H groups in total. The van der Waals surface area contributed by atoms with Gasteiger partial charge in [-0.25, -0.2) is 14.7 Å². The SMILES string of the molecule is CC(C)Oc1cncc(-c2ccc(C(=O)NS(=O)(=O)c3cccc(N)n3)c(N3[C@H](C)CC[C@@H]3C)n2)c1.[HH].[HH]. The van der Waals surface area contributed by atoms with Crippen LogP contribution >= 0.6 is 0 Å². The third-order valence-corrected chi connectivity index (χ3v) is 7.18. The summed E-state index contributed by atoms with van der Waals surface area (Å²) in [5, 5.41) is -0.335. The van der Waals surface area contributed by atoms with Gasteiger partial charge in [-0.3, -0.25) is 9.78 Å². The average Bonchev–Trinajstić information content (AvgIpc) is 3.16. The second-order valence-corrected chi connectivity index (χ2v) is 10.8. The molecule has 11 heteroatoms. The molecule has 4 heterocycles. The molecule has 4 rings (SSSR count). The second-order valence-electron chi connectivity index (χ2n) is 9.16. The lowest BCUT2D eigenvalue weighted by Crippen LogP contribution is -2.37. The summed E-state index contributed by atoms with van der Waals surface area (Å²) in [4.78, 5) is 28.3. The zero-order valence-electron chi connectivity index (χ0n) is 20.7. The minimum Gasteiger partial charge on any atom is -0.489 e. The van der Waals surface area contributed by atoms with Crippen molar-refractivity contribution in [2.45, 2.75) is 63.8 Å². The molecular formula is C25H34N6O4S. The molecule has 0 spiro atoms. The van der Waals surface area contributed by atoms with Crippen molar-refractivity contribution in [3.8, 4) is 17.0 Å². The first-order valence-electron chi connectivity index (χ1n) is 11.8. The standard InChI is InChI=1S/C25H30N6O4S.2H2/c1-15(2)35-19-12-18(13-27-14-19)21-11-10-20(24(28-21)31-16(3)8-9-17(31)4)25(32)30-36(33,34)23-7-5-6-22(26)29-23;;/h5-7,10-17H,8-9H2,1-4H3,(H2,26,29)(H,30,32);2*1H/t16-,17+;;. The van der Waals surface area contributed by atoms with Crippen molar-refractivity contribution in [1.29, 1.82) is 0 Å².